The molecule has 11 heteroatoms. The Morgan fingerprint density at radius 2 is 1.71 bits per heavy atom. The van der Waals surface area contributed by atoms with E-state index < -0.39 is 28.5 Å². The van der Waals surface area contributed by atoms with Gasteiger partial charge in [-0.2, -0.15) is 13.2 Å². The largest absolute Gasteiger partial charge is 0.481 e. The third-order valence-electron chi connectivity index (χ3n) is 7.46. The quantitative estimate of drug-likeness (QED) is 0.145. The molecule has 1 saturated carbocycles. The summed E-state index contributed by atoms with van der Waals surface area (Å²) in [5.41, 5.74) is 1.86. The number of benzene rings is 2. The number of carbonyl (C=O) groups is 2. The van der Waals surface area contributed by atoms with E-state index >= 15 is 0 Å². The molecule has 0 radical (unpaired) electrons. The number of halogens is 3. The van der Waals surface area contributed by atoms with E-state index in [9.17, 15) is 27.0 Å². The second-order valence-corrected chi connectivity index (χ2v) is 12.1. The van der Waals surface area contributed by atoms with Crippen LogP contribution >= 0.6 is 0 Å². The number of carboxylic acid groups (broad SMARTS) is 1. The molecule has 3 aromatic rings. The zero-order chi connectivity index (χ0) is 30.3. The number of Topliss-reactive ketones (excluding diaryl/α,β-unsaturated/α-hetero) is 1. The number of furan rings is 1. The second-order valence-electron chi connectivity index (χ2n) is 10.6. The highest BCUT2D eigenvalue weighted by atomic mass is 32.2. The van der Waals surface area contributed by atoms with Crippen molar-refractivity contribution in [3.63, 3.8) is 0 Å². The minimum absolute atomic E-state index is 0.0318. The van der Waals surface area contributed by atoms with Crippen LogP contribution in [-0.2, 0) is 27.5 Å². The molecule has 0 saturated heterocycles. The third kappa shape index (κ3) is 8.54. The highest BCUT2D eigenvalue weighted by molar-refractivity contribution is 7.83. The molecule has 2 unspecified atom stereocenters. The molecule has 2 aromatic carbocycles. The van der Waals surface area contributed by atoms with Crippen molar-refractivity contribution >= 4 is 28.2 Å². The van der Waals surface area contributed by atoms with Crippen LogP contribution in [0, 0.1) is 5.92 Å². The smallest absolute Gasteiger partial charge is 0.416 e. The van der Waals surface area contributed by atoms with Crippen molar-refractivity contribution in [3.8, 4) is 11.3 Å². The molecule has 1 aliphatic carbocycles. The van der Waals surface area contributed by atoms with Gasteiger partial charge in [0.1, 0.15) is 11.5 Å². The molecular formula is C31H35F3N2O5S. The minimum atomic E-state index is -4.44. The molecule has 1 heterocycles. The number of alkyl halides is 3. The molecule has 226 valence electrons. The predicted molar refractivity (Wildman–Crippen MR) is 156 cm³/mol. The molecule has 0 bridgehead atoms. The first-order chi connectivity index (χ1) is 20.0. The topological polar surface area (TPSA) is 109 Å². The van der Waals surface area contributed by atoms with Gasteiger partial charge in [0, 0.05) is 46.0 Å². The van der Waals surface area contributed by atoms with Crippen LogP contribution in [0.15, 0.2) is 59.0 Å². The first-order valence-electron chi connectivity index (χ1n) is 13.9. The number of hydrogen-bond acceptors (Lipinski definition) is 6. The normalized spacial score (nSPS) is 15.7. The Bertz CT molecular complexity index is 1380. The zero-order valence-electron chi connectivity index (χ0n) is 23.3. The van der Waals surface area contributed by atoms with Gasteiger partial charge < -0.3 is 20.2 Å². The lowest BCUT2D eigenvalue weighted by Gasteiger charge is -2.32. The highest BCUT2D eigenvalue weighted by Crippen LogP contribution is 2.41. The van der Waals surface area contributed by atoms with Crippen LogP contribution in [0.25, 0.3) is 11.3 Å². The van der Waals surface area contributed by atoms with Crippen molar-refractivity contribution in [1.29, 1.82) is 0 Å². The molecule has 1 aliphatic rings. The van der Waals surface area contributed by atoms with Crippen molar-refractivity contribution in [3.05, 3.63) is 77.0 Å². The van der Waals surface area contributed by atoms with Crippen molar-refractivity contribution in [2.45, 2.75) is 56.5 Å². The Kier molecular flexibility index (Phi) is 10.6. The van der Waals surface area contributed by atoms with Crippen LogP contribution in [0.5, 0.6) is 0 Å². The highest BCUT2D eigenvalue weighted by Gasteiger charge is 2.32. The number of nitrogens with one attached hydrogen (secondary N) is 2. The Labute approximate surface area is 245 Å². The fraction of sp³-hybridized carbons (Fsp3) is 0.419. The molecule has 2 atom stereocenters. The van der Waals surface area contributed by atoms with Crippen LogP contribution in [-0.4, -0.2) is 40.4 Å². The van der Waals surface area contributed by atoms with E-state index in [1.807, 2.05) is 18.2 Å². The summed E-state index contributed by atoms with van der Waals surface area (Å²) in [7, 11) is -1.21. The van der Waals surface area contributed by atoms with Crippen molar-refractivity contribution in [1.82, 2.24) is 5.32 Å². The number of anilines is 1. The van der Waals surface area contributed by atoms with Crippen LogP contribution in [0.2, 0.25) is 0 Å². The summed E-state index contributed by atoms with van der Waals surface area (Å²) in [4.78, 5) is 23.2. The van der Waals surface area contributed by atoms with Crippen molar-refractivity contribution in [2.24, 2.45) is 5.92 Å². The first-order valence-corrected chi connectivity index (χ1v) is 15.7. The number of rotatable bonds is 13. The van der Waals surface area contributed by atoms with Crippen molar-refractivity contribution in [2.75, 3.05) is 24.7 Å². The Hall–Kier alpha value is -3.44. The van der Waals surface area contributed by atoms with Crippen LogP contribution in [0.3, 0.4) is 0 Å². The summed E-state index contributed by atoms with van der Waals surface area (Å²) in [6, 6.07) is 13.5. The molecule has 7 nitrogen and oxygen atoms in total. The van der Waals surface area contributed by atoms with Crippen LogP contribution in [0.1, 0.15) is 71.8 Å². The van der Waals surface area contributed by atoms with Gasteiger partial charge in [0.25, 0.3) is 0 Å². The Morgan fingerprint density at radius 1 is 1.05 bits per heavy atom. The molecule has 0 amide bonds. The van der Waals surface area contributed by atoms with Gasteiger partial charge in [-0.05, 0) is 61.2 Å². The van der Waals surface area contributed by atoms with Gasteiger partial charge in [0.05, 0.1) is 30.3 Å². The van der Waals surface area contributed by atoms with E-state index in [1.54, 1.807) is 18.4 Å². The third-order valence-corrected chi connectivity index (χ3v) is 8.13. The first kappa shape index (κ1) is 31.5. The molecule has 42 heavy (non-hydrogen) atoms. The fourth-order valence-electron chi connectivity index (χ4n) is 5.32. The van der Waals surface area contributed by atoms with Crippen LogP contribution < -0.4 is 10.6 Å². The van der Waals surface area contributed by atoms with Gasteiger partial charge in [-0.3, -0.25) is 13.8 Å². The molecule has 0 aliphatic heterocycles. The molecule has 0 spiro atoms. The van der Waals surface area contributed by atoms with E-state index in [0.717, 1.165) is 55.5 Å². The van der Waals surface area contributed by atoms with E-state index in [4.69, 9.17) is 9.52 Å². The summed E-state index contributed by atoms with van der Waals surface area (Å²) >= 11 is 0. The maximum atomic E-state index is 13.1. The van der Waals surface area contributed by atoms with Gasteiger partial charge >= 0.3 is 12.1 Å². The monoisotopic (exact) mass is 604 g/mol. The summed E-state index contributed by atoms with van der Waals surface area (Å²) in [6.07, 6.45) is 2.32. The average molecular weight is 605 g/mol. The molecule has 1 fully saturated rings. The maximum Gasteiger partial charge on any atom is 0.416 e. The van der Waals surface area contributed by atoms with E-state index in [-0.39, 0.29) is 43.0 Å². The van der Waals surface area contributed by atoms with Crippen LogP contribution in [0.4, 0.5) is 18.9 Å². The summed E-state index contributed by atoms with van der Waals surface area (Å²) in [5, 5.41) is 15.2. The summed E-state index contributed by atoms with van der Waals surface area (Å²) in [6.45, 7) is 0.234. The van der Waals surface area contributed by atoms with E-state index in [1.165, 1.54) is 12.1 Å². The van der Waals surface area contributed by atoms with Gasteiger partial charge in [-0.1, -0.05) is 31.4 Å². The lowest BCUT2D eigenvalue weighted by molar-refractivity contribution is -0.138. The number of aliphatic carboxylic acids is 1. The predicted octanol–water partition coefficient (Wildman–Crippen LogP) is 6.82. The number of carboxylic acids is 1. The van der Waals surface area contributed by atoms with Gasteiger partial charge in [-0.15, -0.1) is 0 Å². The Balaban J connectivity index is 1.60. The SMILES string of the molecule is CS(=O)Cc1oc(-c2ccc(C(F)(F)F)cc2)cc1C(Nc1ccc(C(=O)CNCCC(=O)O)cc1)C1CCCCC1. The molecular weight excluding hydrogens is 569 g/mol. The summed E-state index contributed by atoms with van der Waals surface area (Å²) < 4.78 is 57.8. The van der Waals surface area contributed by atoms with Gasteiger partial charge in [0.15, 0.2) is 5.78 Å². The number of ketones is 1. The minimum Gasteiger partial charge on any atom is -0.481 e. The van der Waals surface area contributed by atoms with Gasteiger partial charge in [0.2, 0.25) is 0 Å². The number of carbonyl (C=O) groups excluding carboxylic acids is 1. The molecule has 3 N–H and O–H groups in total. The maximum absolute atomic E-state index is 13.1. The zero-order valence-corrected chi connectivity index (χ0v) is 24.2. The summed E-state index contributed by atoms with van der Waals surface area (Å²) in [5.74, 6) is 0.282. The number of hydrogen-bond donors (Lipinski definition) is 3. The fourth-order valence-corrected chi connectivity index (χ4v) is 5.91. The van der Waals surface area contributed by atoms with E-state index in [2.05, 4.69) is 10.6 Å². The second kappa shape index (κ2) is 14.2. The van der Waals surface area contributed by atoms with Crippen molar-refractivity contribution < 1.29 is 36.5 Å². The van der Waals surface area contributed by atoms with Gasteiger partial charge in [-0.25, -0.2) is 0 Å². The molecule has 1 aromatic heterocycles. The standard InChI is InChI=1S/C31H35F3N2O5S/c1-42(40)19-28-25(17-27(41-28)21-7-11-23(12-8-21)31(32,33)34)30(22-5-3-2-4-6-22)36-24-13-9-20(10-14-24)26(37)18-35-16-15-29(38)39/h7-14,17,22,30,35-36H,2-6,15-16,18-19H2,1H3,(H,38,39). The average Bonchev–Trinajstić information content (AvgIpc) is 3.37. The lowest BCUT2D eigenvalue weighted by Crippen LogP contribution is -2.25. The molecule has 4 rings (SSSR count). The lowest BCUT2D eigenvalue weighted by atomic mass is 9.81. The Morgan fingerprint density at radius 3 is 2.31 bits per heavy atom. The van der Waals surface area contributed by atoms with E-state index in [0.29, 0.717) is 22.6 Å².